The molecule has 0 spiro atoms. The van der Waals surface area contributed by atoms with E-state index in [-0.39, 0.29) is 0 Å². The van der Waals surface area contributed by atoms with Gasteiger partial charge in [-0.25, -0.2) is 0 Å². The Labute approximate surface area is 65.6 Å². The molecule has 2 unspecified atom stereocenters. The molecule has 2 atom stereocenters. The van der Waals surface area contributed by atoms with Gasteiger partial charge in [0.1, 0.15) is 7.28 Å². The summed E-state index contributed by atoms with van der Waals surface area (Å²) in [7, 11) is 2.59. The molecule has 1 fully saturated rings. The molecule has 1 aliphatic heterocycles. The molecule has 0 N–H and O–H groups in total. The summed E-state index contributed by atoms with van der Waals surface area (Å²) in [6, 6.07) is 0. The third kappa shape index (κ3) is 2.03. The van der Waals surface area contributed by atoms with Crippen LogP contribution in [0.15, 0.2) is 0 Å². The van der Waals surface area contributed by atoms with Gasteiger partial charge in [0.15, 0.2) is 0 Å². The van der Waals surface area contributed by atoms with Gasteiger partial charge in [0.05, 0.1) is 0 Å². The van der Waals surface area contributed by atoms with E-state index >= 15 is 0 Å². The average Bonchev–Trinajstić information content (AvgIpc) is 2.37. The quantitative estimate of drug-likeness (QED) is 0.523. The highest BCUT2D eigenvalue weighted by Crippen LogP contribution is 2.36. The maximum absolute atomic E-state index is 2.59. The zero-order chi connectivity index (χ0) is 7.40. The van der Waals surface area contributed by atoms with Crippen molar-refractivity contribution in [1.82, 2.24) is 0 Å². The molecule has 0 aromatic carbocycles. The zero-order valence-electron chi connectivity index (χ0n) is 7.27. The van der Waals surface area contributed by atoms with Crippen molar-refractivity contribution in [2.75, 3.05) is 0 Å². The Hall–Kier alpha value is 0.0649. The van der Waals surface area contributed by atoms with Gasteiger partial charge < -0.3 is 0 Å². The zero-order valence-corrected chi connectivity index (χ0v) is 7.27. The number of rotatable bonds is 3. The van der Waals surface area contributed by atoms with Crippen LogP contribution < -0.4 is 0 Å². The Morgan fingerprint density at radius 1 is 1.20 bits per heavy atom. The van der Waals surface area contributed by atoms with Gasteiger partial charge in [-0.1, -0.05) is 57.6 Å². The Balaban J connectivity index is 2.15. The summed E-state index contributed by atoms with van der Waals surface area (Å²) in [5.41, 5.74) is 0. The minimum Gasteiger partial charge on any atom is -0.0689 e. The van der Waals surface area contributed by atoms with Gasteiger partial charge in [0.2, 0.25) is 0 Å². The van der Waals surface area contributed by atoms with Crippen molar-refractivity contribution >= 4 is 7.28 Å². The van der Waals surface area contributed by atoms with E-state index in [1.165, 1.54) is 32.1 Å². The molecule has 1 rings (SSSR count). The maximum Gasteiger partial charge on any atom is 0.117 e. The van der Waals surface area contributed by atoms with Crippen LogP contribution in [-0.4, -0.2) is 7.28 Å². The van der Waals surface area contributed by atoms with Crippen molar-refractivity contribution in [2.24, 2.45) is 0 Å². The fourth-order valence-corrected chi connectivity index (χ4v) is 1.96. The molecule has 10 heavy (non-hydrogen) atoms. The standard InChI is InChI=1S/C9H18B/c1-3-5-9-7-6-8(4-2)10-9/h8-9H,3-7H2,1-2H3. The van der Waals surface area contributed by atoms with Gasteiger partial charge in [-0.3, -0.25) is 0 Å². The van der Waals surface area contributed by atoms with Crippen LogP contribution in [0.3, 0.4) is 0 Å². The third-order valence-corrected chi connectivity index (χ3v) is 2.64. The summed E-state index contributed by atoms with van der Waals surface area (Å²) in [6.07, 6.45) is 7.07. The summed E-state index contributed by atoms with van der Waals surface area (Å²) < 4.78 is 0. The van der Waals surface area contributed by atoms with Crippen molar-refractivity contribution in [3.8, 4) is 0 Å². The van der Waals surface area contributed by atoms with Crippen LogP contribution in [0.5, 0.6) is 0 Å². The highest BCUT2D eigenvalue weighted by molar-refractivity contribution is 6.40. The van der Waals surface area contributed by atoms with Crippen LogP contribution >= 0.6 is 0 Å². The van der Waals surface area contributed by atoms with E-state index in [1.807, 2.05) is 0 Å². The fourth-order valence-electron chi connectivity index (χ4n) is 1.96. The molecule has 57 valence electrons. The van der Waals surface area contributed by atoms with E-state index in [2.05, 4.69) is 21.1 Å². The van der Waals surface area contributed by atoms with Crippen LogP contribution in [0.25, 0.3) is 0 Å². The van der Waals surface area contributed by atoms with Gasteiger partial charge in [-0.2, -0.15) is 0 Å². The second-order valence-electron chi connectivity index (χ2n) is 3.49. The van der Waals surface area contributed by atoms with E-state index < -0.39 is 0 Å². The monoisotopic (exact) mass is 137 g/mol. The lowest BCUT2D eigenvalue weighted by atomic mass is 9.58. The lowest BCUT2D eigenvalue weighted by Crippen LogP contribution is -1.98. The first-order valence-electron chi connectivity index (χ1n) is 4.71. The summed E-state index contributed by atoms with van der Waals surface area (Å²) in [5.74, 6) is 1.92. The van der Waals surface area contributed by atoms with Crippen LogP contribution in [0, 0.1) is 0 Å². The van der Waals surface area contributed by atoms with E-state index in [9.17, 15) is 0 Å². The van der Waals surface area contributed by atoms with E-state index in [4.69, 9.17) is 0 Å². The maximum atomic E-state index is 2.59. The van der Waals surface area contributed by atoms with Gasteiger partial charge >= 0.3 is 0 Å². The van der Waals surface area contributed by atoms with Crippen molar-refractivity contribution in [3.63, 3.8) is 0 Å². The number of hydrogen-bond acceptors (Lipinski definition) is 0. The molecule has 0 amide bonds. The second kappa shape index (κ2) is 4.05. The molecule has 0 bridgehead atoms. The molecule has 0 saturated carbocycles. The molecule has 1 heteroatoms. The molecule has 1 radical (unpaired) electrons. The molecular formula is C9H18B. The van der Waals surface area contributed by atoms with Gasteiger partial charge in [-0.15, -0.1) is 0 Å². The highest BCUT2D eigenvalue weighted by Gasteiger charge is 2.23. The van der Waals surface area contributed by atoms with Crippen molar-refractivity contribution in [2.45, 2.75) is 57.6 Å². The number of hydrogen-bond donors (Lipinski definition) is 0. The normalized spacial score (nSPS) is 32.2. The lowest BCUT2D eigenvalue weighted by Gasteiger charge is -2.05. The second-order valence-corrected chi connectivity index (χ2v) is 3.49. The fraction of sp³-hybridized carbons (Fsp3) is 1.00. The predicted octanol–water partition coefficient (Wildman–Crippen LogP) is 3.27. The lowest BCUT2D eigenvalue weighted by molar-refractivity contribution is 0.656. The third-order valence-electron chi connectivity index (χ3n) is 2.64. The topological polar surface area (TPSA) is 0 Å². The molecule has 0 nitrogen and oxygen atoms in total. The molecule has 0 aromatic heterocycles. The van der Waals surface area contributed by atoms with Crippen LogP contribution in [0.1, 0.15) is 46.0 Å². The van der Waals surface area contributed by atoms with Crippen molar-refractivity contribution in [1.29, 1.82) is 0 Å². The average molecular weight is 137 g/mol. The summed E-state index contributed by atoms with van der Waals surface area (Å²) in [5, 5.41) is 0. The van der Waals surface area contributed by atoms with E-state index in [0.29, 0.717) is 0 Å². The van der Waals surface area contributed by atoms with Crippen molar-refractivity contribution in [3.05, 3.63) is 0 Å². The van der Waals surface area contributed by atoms with Crippen LogP contribution in [-0.2, 0) is 0 Å². The van der Waals surface area contributed by atoms with Gasteiger partial charge in [-0.05, 0) is 0 Å². The molecule has 1 saturated heterocycles. The predicted molar refractivity (Wildman–Crippen MR) is 47.7 cm³/mol. The van der Waals surface area contributed by atoms with Gasteiger partial charge in [0.25, 0.3) is 0 Å². The summed E-state index contributed by atoms with van der Waals surface area (Å²) in [4.78, 5) is 0. The Morgan fingerprint density at radius 2 is 1.90 bits per heavy atom. The molecule has 1 heterocycles. The largest absolute Gasteiger partial charge is 0.117 e. The molecule has 0 aliphatic carbocycles. The van der Waals surface area contributed by atoms with Gasteiger partial charge in [0, 0.05) is 0 Å². The minimum absolute atomic E-state index is 0.955. The molecule has 1 aliphatic rings. The Kier molecular flexibility index (Phi) is 3.31. The smallest absolute Gasteiger partial charge is 0.0689 e. The highest BCUT2D eigenvalue weighted by atomic mass is 14.1. The summed E-state index contributed by atoms with van der Waals surface area (Å²) in [6.45, 7) is 4.59. The minimum atomic E-state index is 0.955. The van der Waals surface area contributed by atoms with Crippen LogP contribution in [0.2, 0.25) is 11.6 Å². The summed E-state index contributed by atoms with van der Waals surface area (Å²) >= 11 is 0. The Morgan fingerprint density at radius 3 is 2.40 bits per heavy atom. The molecular weight excluding hydrogens is 119 g/mol. The first-order chi connectivity index (χ1) is 4.86. The van der Waals surface area contributed by atoms with Crippen molar-refractivity contribution < 1.29 is 0 Å². The first-order valence-corrected chi connectivity index (χ1v) is 4.71. The van der Waals surface area contributed by atoms with Crippen LogP contribution in [0.4, 0.5) is 0 Å². The SMILES string of the molecule is CCCC1[B]C(CC)CC1. The van der Waals surface area contributed by atoms with E-state index in [0.717, 1.165) is 11.6 Å². The van der Waals surface area contributed by atoms with E-state index in [1.54, 1.807) is 0 Å². The Bertz CT molecular complexity index is 90.7. The molecule has 0 aromatic rings. The first kappa shape index (κ1) is 8.16.